The number of benzene rings is 1. The minimum atomic E-state index is -3.86. The summed E-state index contributed by atoms with van der Waals surface area (Å²) in [6, 6.07) is 5.43. The van der Waals surface area contributed by atoms with Gasteiger partial charge in [-0.05, 0) is 50.0 Å². The number of unbranched alkanes of at least 4 members (excludes halogenated alkanes) is 1. The topological polar surface area (TPSA) is 146 Å². The number of aromatic nitrogens is 2. The summed E-state index contributed by atoms with van der Waals surface area (Å²) in [4.78, 5) is 36.4. The minimum Gasteiger partial charge on any atom is -0.481 e. The zero-order valence-electron chi connectivity index (χ0n) is 18.5. The third-order valence-corrected chi connectivity index (χ3v) is 6.77. The Morgan fingerprint density at radius 1 is 1.29 bits per heavy atom. The lowest BCUT2D eigenvalue weighted by atomic mass is 10.0. The molecule has 0 saturated carbocycles. The van der Waals surface area contributed by atoms with E-state index >= 15 is 0 Å². The predicted molar refractivity (Wildman–Crippen MR) is 120 cm³/mol. The second kappa shape index (κ2) is 10.1. The van der Waals surface area contributed by atoms with E-state index in [0.717, 1.165) is 24.0 Å². The third-order valence-electron chi connectivity index (χ3n) is 5.44. The molecule has 3 atom stereocenters. The molecule has 0 bridgehead atoms. The van der Waals surface area contributed by atoms with Gasteiger partial charge in [-0.2, -0.15) is 0 Å². The number of ether oxygens (including phenoxy) is 1. The van der Waals surface area contributed by atoms with Gasteiger partial charge >= 0.3 is 19.5 Å². The molecule has 2 aromatic rings. The summed E-state index contributed by atoms with van der Waals surface area (Å²) in [6.45, 7) is 1.50. The first-order valence-corrected chi connectivity index (χ1v) is 12.3. The molecule has 0 radical (unpaired) electrons. The zero-order chi connectivity index (χ0) is 24.3. The highest BCUT2D eigenvalue weighted by atomic mass is 31.2. The number of carboxylic acid groups (broad SMARTS) is 1. The Hall–Kier alpha value is -2.98. The number of fused-ring (bicyclic) bond motifs is 1. The highest BCUT2D eigenvalue weighted by molar-refractivity contribution is 7.49. The first-order valence-electron chi connectivity index (χ1n) is 10.8. The molecule has 1 aromatic carbocycles. The Balaban J connectivity index is 1.30. The van der Waals surface area contributed by atoms with E-state index in [1.54, 1.807) is 25.1 Å². The summed E-state index contributed by atoms with van der Waals surface area (Å²) in [6.07, 6.45) is 5.58. The molecule has 12 heteroatoms. The molecular formula is C22H25N2O9P. The molecule has 2 N–H and O–H groups in total. The van der Waals surface area contributed by atoms with Crippen LogP contribution in [0.2, 0.25) is 0 Å². The molecule has 0 saturated heterocycles. The molecule has 0 aliphatic carbocycles. The lowest BCUT2D eigenvalue weighted by Gasteiger charge is -2.26. The van der Waals surface area contributed by atoms with Crippen molar-refractivity contribution in [2.45, 2.75) is 51.5 Å². The van der Waals surface area contributed by atoms with Crippen LogP contribution in [0.25, 0.3) is 0 Å². The monoisotopic (exact) mass is 492 g/mol. The number of nitrogens with zero attached hydrogens (tertiary/aromatic N) is 1. The molecule has 0 amide bonds. The van der Waals surface area contributed by atoms with Crippen molar-refractivity contribution in [1.29, 1.82) is 0 Å². The molecule has 0 fully saturated rings. The maximum Gasteiger partial charge on any atom is 0.530 e. The molecule has 4 rings (SSSR count). The Kier molecular flexibility index (Phi) is 7.18. The van der Waals surface area contributed by atoms with Gasteiger partial charge in [-0.25, -0.2) is 9.36 Å². The molecule has 2 aliphatic heterocycles. The van der Waals surface area contributed by atoms with Gasteiger partial charge in [-0.3, -0.25) is 28.2 Å². The van der Waals surface area contributed by atoms with E-state index in [-0.39, 0.29) is 19.6 Å². The molecule has 3 heterocycles. The number of rotatable bonds is 9. The lowest BCUT2D eigenvalue weighted by molar-refractivity contribution is -0.137. The quantitative estimate of drug-likeness (QED) is 0.306. The summed E-state index contributed by atoms with van der Waals surface area (Å²) in [5.41, 5.74) is 1.05. The van der Waals surface area contributed by atoms with Gasteiger partial charge in [0.05, 0.1) is 13.2 Å². The fraction of sp³-hybridized carbons (Fsp3) is 0.409. The number of carboxylic acids is 1. The number of H-pyrrole nitrogens is 1. The first kappa shape index (κ1) is 24.2. The number of phosphoric ester groups is 1. The summed E-state index contributed by atoms with van der Waals surface area (Å²) in [5, 5.41) is 8.72. The van der Waals surface area contributed by atoms with Crippen LogP contribution in [0.15, 0.2) is 46.1 Å². The van der Waals surface area contributed by atoms with Gasteiger partial charge in [0, 0.05) is 23.7 Å². The average molecular weight is 492 g/mol. The zero-order valence-corrected chi connectivity index (χ0v) is 19.4. The SMILES string of the molecule is Cc1cn([C@H]2C=C[C@@H](COP3(=O)OCc4cc(CCCCC(=O)O)ccc4O3)O2)c(=O)[nH]c1=O. The van der Waals surface area contributed by atoms with Crippen molar-refractivity contribution in [2.75, 3.05) is 6.61 Å². The fourth-order valence-corrected chi connectivity index (χ4v) is 4.86. The van der Waals surface area contributed by atoms with Gasteiger partial charge in [0.25, 0.3) is 5.56 Å². The van der Waals surface area contributed by atoms with Gasteiger partial charge in [-0.15, -0.1) is 0 Å². The van der Waals surface area contributed by atoms with Crippen LogP contribution in [0.1, 0.15) is 42.2 Å². The van der Waals surface area contributed by atoms with E-state index in [1.807, 2.05) is 12.1 Å². The van der Waals surface area contributed by atoms with Gasteiger partial charge in [-0.1, -0.05) is 12.1 Å². The summed E-state index contributed by atoms with van der Waals surface area (Å²) in [5.74, 6) is -0.405. The van der Waals surface area contributed by atoms with E-state index in [2.05, 4.69) is 4.98 Å². The highest BCUT2D eigenvalue weighted by Crippen LogP contribution is 2.54. The van der Waals surface area contributed by atoms with E-state index in [1.165, 1.54) is 10.8 Å². The smallest absolute Gasteiger partial charge is 0.481 e. The van der Waals surface area contributed by atoms with Crippen LogP contribution in [0.3, 0.4) is 0 Å². The van der Waals surface area contributed by atoms with Crippen molar-refractivity contribution in [3.05, 3.63) is 74.1 Å². The molecule has 1 unspecified atom stereocenters. The normalized spacial score (nSPS) is 23.4. The second-order valence-electron chi connectivity index (χ2n) is 8.08. The lowest BCUT2D eigenvalue weighted by Crippen LogP contribution is -2.33. The van der Waals surface area contributed by atoms with Gasteiger partial charge < -0.3 is 14.4 Å². The number of aryl methyl sites for hydroxylation is 2. The van der Waals surface area contributed by atoms with Crippen LogP contribution < -0.4 is 15.8 Å². The summed E-state index contributed by atoms with van der Waals surface area (Å²) in [7, 11) is -3.86. The van der Waals surface area contributed by atoms with E-state index in [9.17, 15) is 18.9 Å². The average Bonchev–Trinajstić information content (AvgIpc) is 3.27. The third kappa shape index (κ3) is 5.74. The summed E-state index contributed by atoms with van der Waals surface area (Å²) >= 11 is 0. The van der Waals surface area contributed by atoms with Crippen LogP contribution in [0.4, 0.5) is 0 Å². The van der Waals surface area contributed by atoms with Gasteiger partial charge in [0.1, 0.15) is 11.9 Å². The van der Waals surface area contributed by atoms with Crippen molar-refractivity contribution in [3.63, 3.8) is 0 Å². The van der Waals surface area contributed by atoms with Crippen molar-refractivity contribution in [2.24, 2.45) is 0 Å². The van der Waals surface area contributed by atoms with Crippen LogP contribution in [-0.2, 0) is 36.2 Å². The molecular weight excluding hydrogens is 467 g/mol. The Bertz CT molecular complexity index is 1270. The van der Waals surface area contributed by atoms with E-state index < -0.39 is 37.4 Å². The molecule has 34 heavy (non-hydrogen) atoms. The number of hydrogen-bond acceptors (Lipinski definition) is 8. The standard InChI is InChI=1S/C22H25N2O9P/c1-14-11-24(22(28)23-21(14)27)19-9-7-17(32-19)13-31-34(29)30-12-16-10-15(6-8-18(16)33-34)4-2-3-5-20(25)26/h6-11,17,19H,2-5,12-13H2,1H3,(H,25,26)(H,23,27,28)/t17-,19+,34?/m0/s1. The minimum absolute atomic E-state index is 0.0472. The van der Waals surface area contributed by atoms with Crippen LogP contribution >= 0.6 is 7.82 Å². The van der Waals surface area contributed by atoms with Gasteiger partial charge in [0.15, 0.2) is 6.23 Å². The number of phosphoric acid groups is 1. The van der Waals surface area contributed by atoms with Crippen LogP contribution in [0.5, 0.6) is 5.75 Å². The molecule has 11 nitrogen and oxygen atoms in total. The Morgan fingerprint density at radius 2 is 2.12 bits per heavy atom. The number of aromatic amines is 1. The largest absolute Gasteiger partial charge is 0.530 e. The predicted octanol–water partition coefficient (Wildman–Crippen LogP) is 2.83. The van der Waals surface area contributed by atoms with E-state index in [4.69, 9.17) is 23.4 Å². The molecule has 182 valence electrons. The summed E-state index contributed by atoms with van der Waals surface area (Å²) < 4.78 is 36.2. The van der Waals surface area contributed by atoms with Crippen LogP contribution in [0, 0.1) is 6.92 Å². The van der Waals surface area contributed by atoms with Crippen molar-refractivity contribution < 1.29 is 32.8 Å². The van der Waals surface area contributed by atoms with Crippen LogP contribution in [-0.4, -0.2) is 33.3 Å². The molecule has 0 spiro atoms. The maximum absolute atomic E-state index is 12.9. The van der Waals surface area contributed by atoms with Crippen molar-refractivity contribution >= 4 is 13.8 Å². The van der Waals surface area contributed by atoms with Crippen molar-refractivity contribution in [3.8, 4) is 5.75 Å². The molecule has 2 aliphatic rings. The van der Waals surface area contributed by atoms with Gasteiger partial charge in [0.2, 0.25) is 0 Å². The van der Waals surface area contributed by atoms with Crippen molar-refractivity contribution in [1.82, 2.24) is 9.55 Å². The molecule has 1 aromatic heterocycles. The van der Waals surface area contributed by atoms with E-state index in [0.29, 0.717) is 17.7 Å². The first-order chi connectivity index (χ1) is 16.2. The number of carbonyl (C=O) groups is 1. The fourth-order valence-electron chi connectivity index (χ4n) is 3.64. The number of hydrogen-bond donors (Lipinski definition) is 2. The second-order valence-corrected chi connectivity index (χ2v) is 9.67. The number of aliphatic carboxylic acids is 1. The maximum atomic E-state index is 12.9. The Morgan fingerprint density at radius 3 is 2.91 bits per heavy atom. The highest BCUT2D eigenvalue weighted by Gasteiger charge is 2.36. The number of nitrogens with one attached hydrogen (secondary N) is 1. The Labute approximate surface area is 194 Å².